The topological polar surface area (TPSA) is 12.0 Å². The molecule has 1 nitrogen and oxygen atoms in total. The largest absolute Gasteiger partial charge is 0.311 e. The van der Waals surface area contributed by atoms with E-state index in [1.165, 1.54) is 20.5 Å². The summed E-state index contributed by atoms with van der Waals surface area (Å²) in [5.41, 5.74) is 2.71. The van der Waals surface area contributed by atoms with Crippen molar-refractivity contribution in [3.8, 4) is 0 Å². The summed E-state index contributed by atoms with van der Waals surface area (Å²) >= 11 is 11.4. The fourth-order valence-corrected chi connectivity index (χ4v) is 4.19. The third-order valence-corrected chi connectivity index (χ3v) is 5.10. The molecule has 1 aliphatic rings. The Kier molecular flexibility index (Phi) is 3.26. The monoisotopic (exact) mass is 327 g/mol. The molecule has 0 aliphatic carbocycles. The summed E-state index contributed by atoms with van der Waals surface area (Å²) in [5, 5.41) is 3.46. The summed E-state index contributed by atoms with van der Waals surface area (Å²) in [7, 11) is 0. The minimum Gasteiger partial charge on any atom is -0.311 e. The Morgan fingerprint density at radius 3 is 2.94 bits per heavy atom. The summed E-state index contributed by atoms with van der Waals surface area (Å²) in [5.74, 6) is 0.401. The zero-order valence-electron chi connectivity index (χ0n) is 9.04. The molecule has 0 saturated carbocycles. The molecule has 4 heteroatoms. The molecular weight excluding hydrogens is 318 g/mol. The van der Waals surface area contributed by atoms with E-state index in [1.807, 2.05) is 6.07 Å². The van der Waals surface area contributed by atoms with E-state index in [-0.39, 0.29) is 0 Å². The first-order valence-electron chi connectivity index (χ1n) is 5.49. The molecule has 0 saturated heterocycles. The maximum Gasteiger partial charge on any atom is 0.0934 e. The molecule has 0 amide bonds. The van der Waals surface area contributed by atoms with Gasteiger partial charge in [-0.05, 0) is 23.3 Å². The van der Waals surface area contributed by atoms with Crippen LogP contribution in [-0.4, -0.2) is 6.54 Å². The van der Waals surface area contributed by atoms with Gasteiger partial charge in [-0.2, -0.15) is 0 Å². The molecule has 1 aromatic heterocycles. The quantitative estimate of drug-likeness (QED) is 0.818. The Bertz CT molecular complexity index is 552. The third-order valence-electron chi connectivity index (χ3n) is 3.10. The zero-order chi connectivity index (χ0) is 11.8. The predicted molar refractivity (Wildman–Crippen MR) is 77.0 cm³/mol. The van der Waals surface area contributed by atoms with Gasteiger partial charge < -0.3 is 5.32 Å². The first kappa shape index (κ1) is 11.7. The fraction of sp³-hybridized carbons (Fsp3) is 0.231. The summed E-state index contributed by atoms with van der Waals surface area (Å²) in [4.78, 5) is 1.36. The highest BCUT2D eigenvalue weighted by Gasteiger charge is 2.25. The summed E-state index contributed by atoms with van der Waals surface area (Å²) in [6, 6.07) is 10.5. The molecule has 17 heavy (non-hydrogen) atoms. The Labute approximate surface area is 118 Å². The molecule has 88 valence electrons. The van der Waals surface area contributed by atoms with Gasteiger partial charge in [0, 0.05) is 28.4 Å². The van der Waals surface area contributed by atoms with Crippen molar-refractivity contribution in [2.45, 2.75) is 12.5 Å². The second kappa shape index (κ2) is 4.73. The molecule has 3 rings (SSSR count). The summed E-state index contributed by atoms with van der Waals surface area (Å²) in [6.45, 7) is 1.91. The van der Waals surface area contributed by atoms with E-state index in [2.05, 4.69) is 45.5 Å². The molecule has 1 N–H and O–H groups in total. The first-order valence-corrected chi connectivity index (χ1v) is 7.47. The number of fused-ring (bicyclic) bond motifs is 1. The molecule has 2 aromatic rings. The van der Waals surface area contributed by atoms with Crippen LogP contribution in [0.4, 0.5) is 0 Å². The number of hydrogen-bond acceptors (Lipinski definition) is 2. The minimum atomic E-state index is 0.401. The molecule has 1 atom stereocenters. The van der Waals surface area contributed by atoms with Crippen molar-refractivity contribution in [3.05, 3.63) is 55.1 Å². The van der Waals surface area contributed by atoms with Crippen LogP contribution in [0.3, 0.4) is 0 Å². The van der Waals surface area contributed by atoms with Gasteiger partial charge in [-0.25, -0.2) is 0 Å². The van der Waals surface area contributed by atoms with Gasteiger partial charge in [0.05, 0.1) is 4.34 Å². The Morgan fingerprint density at radius 2 is 2.12 bits per heavy atom. The lowest BCUT2D eigenvalue weighted by molar-refractivity contribution is 0.599. The highest BCUT2D eigenvalue weighted by molar-refractivity contribution is 9.10. The lowest BCUT2D eigenvalue weighted by Crippen LogP contribution is -2.27. The van der Waals surface area contributed by atoms with E-state index in [0.717, 1.165) is 17.4 Å². The highest BCUT2D eigenvalue weighted by Crippen LogP contribution is 2.39. The van der Waals surface area contributed by atoms with Crippen molar-refractivity contribution in [2.75, 3.05) is 6.54 Å². The van der Waals surface area contributed by atoms with Crippen LogP contribution in [0.25, 0.3) is 0 Å². The standard InChI is InChI=1S/C13H11BrClNS/c14-11-4-2-1-3-8(11)10-6-16-7-12-9(10)5-13(15)17-12/h1-5,10,16H,6-7H2/t10-/m0/s1. The maximum absolute atomic E-state index is 6.12. The molecule has 0 spiro atoms. The number of thiophene rings is 1. The second-order valence-electron chi connectivity index (χ2n) is 4.13. The van der Waals surface area contributed by atoms with Crippen molar-refractivity contribution in [3.63, 3.8) is 0 Å². The number of halogens is 2. The maximum atomic E-state index is 6.12. The van der Waals surface area contributed by atoms with Gasteiger partial charge in [-0.3, -0.25) is 0 Å². The number of benzene rings is 1. The lowest BCUT2D eigenvalue weighted by Gasteiger charge is -2.24. The van der Waals surface area contributed by atoms with Crippen molar-refractivity contribution in [1.82, 2.24) is 5.32 Å². The molecule has 2 heterocycles. The lowest BCUT2D eigenvalue weighted by atomic mass is 9.89. The van der Waals surface area contributed by atoms with Gasteiger partial charge in [0.25, 0.3) is 0 Å². The van der Waals surface area contributed by atoms with Gasteiger partial charge in [0.15, 0.2) is 0 Å². The van der Waals surface area contributed by atoms with Crippen molar-refractivity contribution >= 4 is 38.9 Å². The predicted octanol–water partition coefficient (Wildman–Crippen LogP) is 4.40. The van der Waals surface area contributed by atoms with E-state index in [9.17, 15) is 0 Å². The number of nitrogens with one attached hydrogen (secondary N) is 1. The van der Waals surface area contributed by atoms with Crippen LogP contribution < -0.4 is 5.32 Å². The van der Waals surface area contributed by atoms with Gasteiger partial charge in [0.1, 0.15) is 0 Å². The van der Waals surface area contributed by atoms with E-state index in [4.69, 9.17) is 11.6 Å². The molecule has 0 fully saturated rings. The molecule has 0 radical (unpaired) electrons. The van der Waals surface area contributed by atoms with Gasteiger partial charge in [-0.1, -0.05) is 45.7 Å². The smallest absolute Gasteiger partial charge is 0.0934 e. The van der Waals surface area contributed by atoms with Gasteiger partial charge >= 0.3 is 0 Å². The molecule has 0 unspecified atom stereocenters. The van der Waals surface area contributed by atoms with Crippen LogP contribution in [0.2, 0.25) is 4.34 Å². The fourth-order valence-electron chi connectivity index (χ4n) is 2.32. The third kappa shape index (κ3) is 2.17. The Hall–Kier alpha value is -0.350. The average molecular weight is 329 g/mol. The highest BCUT2D eigenvalue weighted by atomic mass is 79.9. The van der Waals surface area contributed by atoms with E-state index in [1.54, 1.807) is 11.3 Å². The van der Waals surface area contributed by atoms with Crippen molar-refractivity contribution < 1.29 is 0 Å². The molecule has 1 aromatic carbocycles. The molecule has 1 aliphatic heterocycles. The molecule has 0 bridgehead atoms. The van der Waals surface area contributed by atoms with Crippen molar-refractivity contribution in [1.29, 1.82) is 0 Å². The average Bonchev–Trinajstić information content (AvgIpc) is 2.70. The normalized spacial score (nSPS) is 19.1. The zero-order valence-corrected chi connectivity index (χ0v) is 12.2. The Balaban J connectivity index is 2.09. The van der Waals surface area contributed by atoms with E-state index >= 15 is 0 Å². The van der Waals surface area contributed by atoms with Crippen molar-refractivity contribution in [2.24, 2.45) is 0 Å². The Morgan fingerprint density at radius 1 is 1.29 bits per heavy atom. The van der Waals surface area contributed by atoms with Crippen LogP contribution >= 0.6 is 38.9 Å². The van der Waals surface area contributed by atoms with Crippen LogP contribution in [0.5, 0.6) is 0 Å². The minimum absolute atomic E-state index is 0.401. The summed E-state index contributed by atoms with van der Waals surface area (Å²) < 4.78 is 2.05. The molecular formula is C13H11BrClNS. The van der Waals surface area contributed by atoms with Gasteiger partial charge in [0.2, 0.25) is 0 Å². The van der Waals surface area contributed by atoms with Crippen LogP contribution in [0, 0.1) is 0 Å². The second-order valence-corrected chi connectivity index (χ2v) is 6.76. The SMILES string of the molecule is Clc1cc2c(s1)CNC[C@H]2c1ccccc1Br. The number of rotatable bonds is 1. The first-order chi connectivity index (χ1) is 8.25. The summed E-state index contributed by atoms with van der Waals surface area (Å²) in [6.07, 6.45) is 0. The van der Waals surface area contributed by atoms with E-state index < -0.39 is 0 Å². The van der Waals surface area contributed by atoms with E-state index in [0.29, 0.717) is 5.92 Å². The van der Waals surface area contributed by atoms with Crippen LogP contribution in [0.15, 0.2) is 34.8 Å². The van der Waals surface area contributed by atoms with Crippen LogP contribution in [-0.2, 0) is 6.54 Å². The van der Waals surface area contributed by atoms with Crippen LogP contribution in [0.1, 0.15) is 21.9 Å². The number of hydrogen-bond donors (Lipinski definition) is 1. The van der Waals surface area contributed by atoms with Gasteiger partial charge in [-0.15, -0.1) is 11.3 Å².